The zero-order chi connectivity index (χ0) is 24.7. The lowest BCUT2D eigenvalue weighted by atomic mass is 10.2. The Bertz CT molecular complexity index is 1340. The molecule has 9 nitrogen and oxygen atoms in total. The summed E-state index contributed by atoms with van der Waals surface area (Å²) in [7, 11) is -2.82. The zero-order valence-corrected chi connectivity index (χ0v) is 20.5. The minimum absolute atomic E-state index is 0.0595. The monoisotopic (exact) mass is 545 g/mol. The van der Waals surface area contributed by atoms with Gasteiger partial charge in [0.1, 0.15) is 4.90 Å². The Morgan fingerprint density at radius 3 is 2.38 bits per heavy atom. The van der Waals surface area contributed by atoms with Crippen LogP contribution in [-0.4, -0.2) is 33.6 Å². The molecule has 176 valence electrons. The molecule has 0 radical (unpaired) electrons. The van der Waals surface area contributed by atoms with Crippen LogP contribution in [0.4, 0.5) is 5.69 Å². The highest BCUT2D eigenvalue weighted by Crippen LogP contribution is 2.30. The molecule has 0 spiro atoms. The minimum Gasteiger partial charge on any atom is -0.493 e. The van der Waals surface area contributed by atoms with E-state index in [1.54, 1.807) is 30.3 Å². The second kappa shape index (κ2) is 10.9. The normalized spacial score (nSPS) is 11.1. The average molecular weight is 546 g/mol. The zero-order valence-electron chi connectivity index (χ0n) is 18.1. The van der Waals surface area contributed by atoms with Crippen molar-refractivity contribution in [2.45, 2.75) is 11.8 Å². The molecular formula is C23H20BrN3O6S. The molecule has 0 aromatic heterocycles. The molecule has 0 saturated heterocycles. The van der Waals surface area contributed by atoms with E-state index in [0.29, 0.717) is 16.8 Å². The van der Waals surface area contributed by atoms with Gasteiger partial charge < -0.3 is 14.2 Å². The lowest BCUT2D eigenvalue weighted by molar-refractivity contribution is -0.114. The Hall–Kier alpha value is -3.70. The summed E-state index contributed by atoms with van der Waals surface area (Å²) in [5.41, 5.74) is 3.73. The Kier molecular flexibility index (Phi) is 8.03. The minimum atomic E-state index is -4.19. The van der Waals surface area contributed by atoms with Gasteiger partial charge in [-0.1, -0.05) is 22.0 Å². The van der Waals surface area contributed by atoms with E-state index < -0.39 is 16.0 Å². The number of hydrazone groups is 1. The number of anilines is 1. The Balaban J connectivity index is 1.76. The lowest BCUT2D eigenvalue weighted by Crippen LogP contribution is -2.17. The van der Waals surface area contributed by atoms with Crippen LogP contribution in [0.2, 0.25) is 0 Å². The molecule has 3 aromatic carbocycles. The summed E-state index contributed by atoms with van der Waals surface area (Å²) in [5.74, 6) is -0.555. The van der Waals surface area contributed by atoms with Crippen LogP contribution in [0.1, 0.15) is 22.8 Å². The summed E-state index contributed by atoms with van der Waals surface area (Å²) in [6.07, 6.45) is 1.34. The van der Waals surface area contributed by atoms with Gasteiger partial charge >= 0.3 is 10.1 Å². The summed E-state index contributed by atoms with van der Waals surface area (Å²) < 4.78 is 36.7. The van der Waals surface area contributed by atoms with Crippen LogP contribution < -0.4 is 19.7 Å². The van der Waals surface area contributed by atoms with Gasteiger partial charge in [-0.2, -0.15) is 13.5 Å². The Morgan fingerprint density at radius 2 is 1.74 bits per heavy atom. The van der Waals surface area contributed by atoms with E-state index in [0.717, 1.165) is 4.47 Å². The van der Waals surface area contributed by atoms with E-state index in [4.69, 9.17) is 8.92 Å². The van der Waals surface area contributed by atoms with Crippen molar-refractivity contribution in [2.75, 3.05) is 12.4 Å². The molecule has 0 saturated carbocycles. The van der Waals surface area contributed by atoms with E-state index in [-0.39, 0.29) is 22.3 Å². The van der Waals surface area contributed by atoms with Gasteiger partial charge in [-0.25, -0.2) is 5.43 Å². The van der Waals surface area contributed by atoms with Crippen LogP contribution in [0, 0.1) is 0 Å². The maximum Gasteiger partial charge on any atom is 0.339 e. The van der Waals surface area contributed by atoms with Crippen LogP contribution in [-0.2, 0) is 14.9 Å². The number of ether oxygens (including phenoxy) is 1. The van der Waals surface area contributed by atoms with Crippen molar-refractivity contribution < 1.29 is 26.9 Å². The lowest BCUT2D eigenvalue weighted by Gasteiger charge is -2.12. The summed E-state index contributed by atoms with van der Waals surface area (Å²) in [4.78, 5) is 23.2. The van der Waals surface area contributed by atoms with Gasteiger partial charge in [-0.15, -0.1) is 0 Å². The number of carbonyl (C=O) groups excluding carboxylic acids is 2. The summed E-state index contributed by atoms with van der Waals surface area (Å²) in [6, 6.07) is 16.9. The number of methoxy groups -OCH3 is 1. The molecule has 0 bridgehead atoms. The Labute approximate surface area is 205 Å². The molecule has 2 amide bonds. The first-order valence-corrected chi connectivity index (χ1v) is 12.0. The van der Waals surface area contributed by atoms with Crippen LogP contribution in [0.5, 0.6) is 11.5 Å². The molecule has 0 unspecified atom stereocenters. The fraction of sp³-hybridized carbons (Fsp3) is 0.0870. The summed E-state index contributed by atoms with van der Waals surface area (Å²) >= 11 is 3.30. The van der Waals surface area contributed by atoms with Crippen molar-refractivity contribution >= 4 is 49.8 Å². The van der Waals surface area contributed by atoms with Crippen molar-refractivity contribution in [3.63, 3.8) is 0 Å². The Morgan fingerprint density at radius 1 is 1.00 bits per heavy atom. The number of rotatable bonds is 8. The fourth-order valence-corrected chi connectivity index (χ4v) is 4.10. The highest BCUT2D eigenvalue weighted by atomic mass is 79.9. The van der Waals surface area contributed by atoms with Crippen LogP contribution >= 0.6 is 15.9 Å². The largest absolute Gasteiger partial charge is 0.493 e. The quantitative estimate of drug-likeness (QED) is 0.251. The molecule has 0 aliphatic heterocycles. The van der Waals surface area contributed by atoms with Crippen molar-refractivity contribution in [2.24, 2.45) is 5.10 Å². The van der Waals surface area contributed by atoms with Gasteiger partial charge in [0.2, 0.25) is 5.91 Å². The molecule has 3 rings (SSSR count). The molecular weight excluding hydrogens is 526 g/mol. The fourth-order valence-electron chi connectivity index (χ4n) is 2.77. The van der Waals surface area contributed by atoms with Crippen molar-refractivity contribution in [1.29, 1.82) is 0 Å². The van der Waals surface area contributed by atoms with Gasteiger partial charge in [0.15, 0.2) is 11.5 Å². The first-order valence-electron chi connectivity index (χ1n) is 9.77. The first-order chi connectivity index (χ1) is 16.2. The molecule has 2 N–H and O–H groups in total. The predicted octanol–water partition coefficient (Wildman–Crippen LogP) is 3.95. The van der Waals surface area contributed by atoms with Gasteiger partial charge in [0.05, 0.1) is 13.3 Å². The van der Waals surface area contributed by atoms with E-state index in [1.807, 2.05) is 0 Å². The smallest absolute Gasteiger partial charge is 0.339 e. The van der Waals surface area contributed by atoms with Crippen LogP contribution in [0.25, 0.3) is 0 Å². The number of halogens is 1. The number of carbonyl (C=O) groups is 2. The molecule has 0 atom stereocenters. The molecule has 0 fully saturated rings. The molecule has 11 heteroatoms. The van der Waals surface area contributed by atoms with E-state index in [2.05, 4.69) is 31.8 Å². The highest BCUT2D eigenvalue weighted by Gasteiger charge is 2.19. The number of hydrogen-bond donors (Lipinski definition) is 2. The predicted molar refractivity (Wildman–Crippen MR) is 131 cm³/mol. The maximum atomic E-state index is 12.7. The van der Waals surface area contributed by atoms with Crippen molar-refractivity contribution in [3.05, 3.63) is 82.3 Å². The van der Waals surface area contributed by atoms with Crippen molar-refractivity contribution in [3.8, 4) is 11.5 Å². The number of benzene rings is 3. The molecule has 0 aliphatic rings. The second-order valence-electron chi connectivity index (χ2n) is 6.86. The average Bonchev–Trinajstić information content (AvgIpc) is 2.79. The molecule has 3 aromatic rings. The number of hydrogen-bond acceptors (Lipinski definition) is 7. The molecule has 0 heterocycles. The SMILES string of the molecule is COc1ccc(/C=N\NC(=O)c2cccc(Br)c2)cc1OS(=O)(=O)c1ccc(NC(C)=O)cc1. The molecule has 0 aliphatic carbocycles. The second-order valence-corrected chi connectivity index (χ2v) is 9.32. The molecule has 34 heavy (non-hydrogen) atoms. The number of nitrogens with one attached hydrogen (secondary N) is 2. The first kappa shape index (κ1) is 24.9. The topological polar surface area (TPSA) is 123 Å². The summed E-state index contributed by atoms with van der Waals surface area (Å²) in [5, 5.41) is 6.47. The maximum absolute atomic E-state index is 12.7. The van der Waals surface area contributed by atoms with Crippen LogP contribution in [0.15, 0.2) is 81.2 Å². The third-order valence-corrected chi connectivity index (χ3v) is 6.06. The van der Waals surface area contributed by atoms with Gasteiger partial charge in [-0.05, 0) is 66.2 Å². The third kappa shape index (κ3) is 6.65. The van der Waals surface area contributed by atoms with Gasteiger partial charge in [-0.3, -0.25) is 9.59 Å². The number of amides is 2. The number of nitrogens with zero attached hydrogens (tertiary/aromatic N) is 1. The van der Waals surface area contributed by atoms with Gasteiger partial charge in [0, 0.05) is 22.6 Å². The third-order valence-electron chi connectivity index (χ3n) is 4.32. The van der Waals surface area contributed by atoms with E-state index in [9.17, 15) is 18.0 Å². The van der Waals surface area contributed by atoms with Gasteiger partial charge in [0.25, 0.3) is 5.91 Å². The standard InChI is InChI=1S/C23H20BrN3O6S/c1-15(28)26-19-7-9-20(10-8-19)34(30,31)33-22-12-16(6-11-21(22)32-2)14-25-27-23(29)17-4-3-5-18(24)13-17/h3-14H,1-2H3,(H,26,28)(H,27,29)/b25-14-. The van der Waals surface area contributed by atoms with E-state index in [1.165, 1.54) is 56.6 Å². The van der Waals surface area contributed by atoms with Crippen molar-refractivity contribution in [1.82, 2.24) is 5.43 Å². The summed E-state index contributed by atoms with van der Waals surface area (Å²) in [6.45, 7) is 1.35. The highest BCUT2D eigenvalue weighted by molar-refractivity contribution is 9.10. The van der Waals surface area contributed by atoms with Crippen LogP contribution in [0.3, 0.4) is 0 Å². The van der Waals surface area contributed by atoms with E-state index >= 15 is 0 Å².